The van der Waals surface area contributed by atoms with Crippen LogP contribution in [0.3, 0.4) is 0 Å². The Labute approximate surface area is 161 Å². The maximum Gasteiger partial charge on any atom is 0.241 e. The van der Waals surface area contributed by atoms with Gasteiger partial charge in [-0.15, -0.1) is 0 Å². The van der Waals surface area contributed by atoms with Crippen LogP contribution in [-0.4, -0.2) is 48.0 Å². The first-order chi connectivity index (χ1) is 12.4. The second kappa shape index (κ2) is 8.14. The number of nitrogens with one attached hydrogen (secondary N) is 1. The number of nitrogens with zero attached hydrogens (tertiary/aromatic N) is 3. The summed E-state index contributed by atoms with van der Waals surface area (Å²) in [6.07, 6.45) is 1.81. The van der Waals surface area contributed by atoms with E-state index >= 15 is 0 Å². The lowest BCUT2D eigenvalue weighted by Crippen LogP contribution is -2.53. The highest BCUT2D eigenvalue weighted by atomic mass is 79.9. The molecule has 2 aromatic rings. The van der Waals surface area contributed by atoms with Crippen LogP contribution in [0.25, 0.3) is 0 Å². The van der Waals surface area contributed by atoms with Gasteiger partial charge in [0.05, 0.1) is 6.04 Å². The molecule has 1 aromatic heterocycles. The number of rotatable bonds is 4. The highest BCUT2D eigenvalue weighted by Gasteiger charge is 2.26. The zero-order valence-electron chi connectivity index (χ0n) is 14.9. The Bertz CT molecular complexity index is 793. The van der Waals surface area contributed by atoms with Gasteiger partial charge in [0.1, 0.15) is 11.6 Å². The molecule has 0 bridgehead atoms. The smallest absolute Gasteiger partial charge is 0.241 e. The molecule has 1 aliphatic rings. The average molecular weight is 421 g/mol. The van der Waals surface area contributed by atoms with Crippen molar-refractivity contribution in [2.24, 2.45) is 0 Å². The van der Waals surface area contributed by atoms with Crippen molar-refractivity contribution in [1.82, 2.24) is 9.88 Å². The van der Waals surface area contributed by atoms with Crippen LogP contribution in [0.1, 0.15) is 12.5 Å². The summed E-state index contributed by atoms with van der Waals surface area (Å²) in [6, 6.07) is 7.74. The van der Waals surface area contributed by atoms with E-state index in [0.29, 0.717) is 5.69 Å². The highest BCUT2D eigenvalue weighted by molar-refractivity contribution is 9.10. The number of halogens is 2. The molecule has 2 heterocycles. The molecule has 0 radical (unpaired) electrons. The summed E-state index contributed by atoms with van der Waals surface area (Å²) in [7, 11) is 0. The second-order valence-electron chi connectivity index (χ2n) is 6.49. The Morgan fingerprint density at radius 1 is 1.27 bits per heavy atom. The third-order valence-corrected chi connectivity index (χ3v) is 5.08. The van der Waals surface area contributed by atoms with Crippen LogP contribution in [0.2, 0.25) is 0 Å². The summed E-state index contributed by atoms with van der Waals surface area (Å²) < 4.78 is 14.2. The number of pyridine rings is 1. The Hall–Kier alpha value is -1.99. The standard InChI is InChI=1S/C19H22BrFN4O/c1-13-10-15(20)12-22-18(13)25-8-6-24(7-9-25)14(2)19(26)23-17-5-3-4-16(21)11-17/h3-5,10-12,14H,6-9H2,1-2H3,(H,23,26). The van der Waals surface area contributed by atoms with Gasteiger partial charge < -0.3 is 10.2 Å². The molecular formula is C19H22BrFN4O. The van der Waals surface area contributed by atoms with Crippen molar-refractivity contribution in [3.05, 3.63) is 52.4 Å². The summed E-state index contributed by atoms with van der Waals surface area (Å²) in [5, 5.41) is 2.79. The van der Waals surface area contributed by atoms with E-state index in [1.54, 1.807) is 12.1 Å². The van der Waals surface area contributed by atoms with Gasteiger partial charge in [0.15, 0.2) is 0 Å². The summed E-state index contributed by atoms with van der Waals surface area (Å²) in [4.78, 5) is 21.4. The maximum absolute atomic E-state index is 13.3. The summed E-state index contributed by atoms with van der Waals surface area (Å²) in [6.45, 7) is 7.10. The molecule has 7 heteroatoms. The van der Waals surface area contributed by atoms with Crippen LogP contribution < -0.4 is 10.2 Å². The number of hydrogen-bond donors (Lipinski definition) is 1. The first-order valence-corrected chi connectivity index (χ1v) is 9.41. The Morgan fingerprint density at radius 3 is 2.65 bits per heavy atom. The molecule has 1 aromatic carbocycles. The van der Waals surface area contributed by atoms with Gasteiger partial charge in [-0.1, -0.05) is 6.07 Å². The van der Waals surface area contributed by atoms with Gasteiger partial charge in [-0.3, -0.25) is 9.69 Å². The quantitative estimate of drug-likeness (QED) is 0.822. The number of hydrogen-bond acceptors (Lipinski definition) is 4. The molecule has 1 atom stereocenters. The van der Waals surface area contributed by atoms with E-state index in [4.69, 9.17) is 0 Å². The van der Waals surface area contributed by atoms with Crippen molar-refractivity contribution in [2.45, 2.75) is 19.9 Å². The number of benzene rings is 1. The molecule has 1 saturated heterocycles. The van der Waals surface area contributed by atoms with Crippen molar-refractivity contribution in [1.29, 1.82) is 0 Å². The third-order valence-electron chi connectivity index (χ3n) is 4.65. The first kappa shape index (κ1) is 18.8. The van der Waals surface area contributed by atoms with E-state index in [9.17, 15) is 9.18 Å². The molecule has 1 fully saturated rings. The fraction of sp³-hybridized carbons (Fsp3) is 0.368. The van der Waals surface area contributed by atoms with Gasteiger partial charge in [-0.2, -0.15) is 0 Å². The minimum atomic E-state index is -0.360. The Morgan fingerprint density at radius 2 is 2.00 bits per heavy atom. The van der Waals surface area contributed by atoms with E-state index in [0.717, 1.165) is 42.0 Å². The van der Waals surface area contributed by atoms with E-state index in [-0.39, 0.29) is 17.8 Å². The van der Waals surface area contributed by atoms with E-state index in [2.05, 4.69) is 49.0 Å². The number of aromatic nitrogens is 1. The van der Waals surface area contributed by atoms with Crippen molar-refractivity contribution < 1.29 is 9.18 Å². The Kier molecular flexibility index (Phi) is 5.88. The highest BCUT2D eigenvalue weighted by Crippen LogP contribution is 2.22. The minimum absolute atomic E-state index is 0.123. The van der Waals surface area contributed by atoms with Crippen LogP contribution in [0.15, 0.2) is 41.0 Å². The second-order valence-corrected chi connectivity index (χ2v) is 7.41. The van der Waals surface area contributed by atoms with Crippen LogP contribution in [0.4, 0.5) is 15.9 Å². The average Bonchev–Trinajstić information content (AvgIpc) is 2.61. The number of aryl methyl sites for hydroxylation is 1. The van der Waals surface area contributed by atoms with Gasteiger partial charge in [-0.05, 0) is 59.6 Å². The van der Waals surface area contributed by atoms with Gasteiger partial charge in [0, 0.05) is 42.5 Å². The number of amides is 1. The summed E-state index contributed by atoms with van der Waals surface area (Å²) in [5.41, 5.74) is 1.61. The normalized spacial score (nSPS) is 16.4. The molecule has 138 valence electrons. The lowest BCUT2D eigenvalue weighted by Gasteiger charge is -2.38. The lowest BCUT2D eigenvalue weighted by atomic mass is 10.2. The van der Waals surface area contributed by atoms with E-state index in [1.807, 2.05) is 13.1 Å². The SMILES string of the molecule is Cc1cc(Br)cnc1N1CCN(C(C)C(=O)Nc2cccc(F)c2)CC1. The predicted molar refractivity (Wildman–Crippen MR) is 105 cm³/mol. The van der Waals surface area contributed by atoms with Crippen molar-refractivity contribution in [3.8, 4) is 0 Å². The zero-order chi connectivity index (χ0) is 18.7. The van der Waals surface area contributed by atoms with Crippen molar-refractivity contribution in [2.75, 3.05) is 36.4 Å². The van der Waals surface area contributed by atoms with Crippen LogP contribution in [0.5, 0.6) is 0 Å². The van der Waals surface area contributed by atoms with Gasteiger partial charge >= 0.3 is 0 Å². The molecule has 0 aliphatic carbocycles. The molecule has 26 heavy (non-hydrogen) atoms. The molecule has 1 N–H and O–H groups in total. The predicted octanol–water partition coefficient (Wildman–Crippen LogP) is 3.44. The number of anilines is 2. The van der Waals surface area contributed by atoms with Gasteiger partial charge in [-0.25, -0.2) is 9.37 Å². The van der Waals surface area contributed by atoms with Crippen LogP contribution in [0, 0.1) is 12.7 Å². The molecule has 0 saturated carbocycles. The molecular weight excluding hydrogens is 399 g/mol. The lowest BCUT2D eigenvalue weighted by molar-refractivity contribution is -0.120. The van der Waals surface area contributed by atoms with Gasteiger partial charge in [0.25, 0.3) is 0 Å². The monoisotopic (exact) mass is 420 g/mol. The van der Waals surface area contributed by atoms with Crippen molar-refractivity contribution in [3.63, 3.8) is 0 Å². The summed E-state index contributed by atoms with van der Waals surface area (Å²) in [5.74, 6) is 0.508. The molecule has 1 aliphatic heterocycles. The first-order valence-electron chi connectivity index (χ1n) is 8.61. The fourth-order valence-corrected chi connectivity index (χ4v) is 3.61. The zero-order valence-corrected chi connectivity index (χ0v) is 16.5. The maximum atomic E-state index is 13.3. The third kappa shape index (κ3) is 4.40. The molecule has 5 nitrogen and oxygen atoms in total. The van der Waals surface area contributed by atoms with Gasteiger partial charge in [0.2, 0.25) is 5.91 Å². The minimum Gasteiger partial charge on any atom is -0.354 e. The summed E-state index contributed by atoms with van der Waals surface area (Å²) >= 11 is 3.44. The molecule has 3 rings (SSSR count). The molecule has 1 unspecified atom stereocenters. The Balaban J connectivity index is 1.57. The van der Waals surface area contributed by atoms with Crippen LogP contribution >= 0.6 is 15.9 Å². The van der Waals surface area contributed by atoms with E-state index in [1.165, 1.54) is 12.1 Å². The van der Waals surface area contributed by atoms with E-state index < -0.39 is 0 Å². The van der Waals surface area contributed by atoms with Crippen LogP contribution in [-0.2, 0) is 4.79 Å². The molecule has 1 amide bonds. The fourth-order valence-electron chi connectivity index (χ4n) is 3.16. The van der Waals surface area contributed by atoms with Crippen molar-refractivity contribution >= 4 is 33.3 Å². The number of carbonyl (C=O) groups excluding carboxylic acids is 1. The number of piperazine rings is 1. The largest absolute Gasteiger partial charge is 0.354 e. The number of carbonyl (C=O) groups is 1. The topological polar surface area (TPSA) is 48.5 Å². The molecule has 0 spiro atoms.